The summed E-state index contributed by atoms with van der Waals surface area (Å²) in [5.74, 6) is -1.03. The van der Waals surface area contributed by atoms with Crippen LogP contribution in [0.15, 0.2) is 145 Å². The zero-order chi connectivity index (χ0) is 30.0. The van der Waals surface area contributed by atoms with Crippen molar-refractivity contribution in [3.63, 3.8) is 0 Å². The van der Waals surface area contributed by atoms with Gasteiger partial charge < -0.3 is 10.6 Å². The third kappa shape index (κ3) is 7.90. The number of amides is 2. The van der Waals surface area contributed by atoms with E-state index in [2.05, 4.69) is 22.8 Å². The molecule has 0 bridgehead atoms. The van der Waals surface area contributed by atoms with Crippen molar-refractivity contribution in [3.05, 3.63) is 173 Å². The van der Waals surface area contributed by atoms with Crippen LogP contribution in [0.5, 0.6) is 0 Å². The van der Waals surface area contributed by atoms with E-state index in [1.807, 2.05) is 79.7 Å². The van der Waals surface area contributed by atoms with Gasteiger partial charge in [-0.1, -0.05) is 109 Å². The molecule has 0 aromatic heterocycles. The molecule has 0 saturated carbocycles. The van der Waals surface area contributed by atoms with Gasteiger partial charge in [-0.15, -0.1) is 0 Å². The summed E-state index contributed by atoms with van der Waals surface area (Å²) >= 11 is 0. The van der Waals surface area contributed by atoms with Gasteiger partial charge in [-0.25, -0.2) is 0 Å². The van der Waals surface area contributed by atoms with E-state index in [1.54, 1.807) is 60.7 Å². The standard InChI is InChI=1S/C38H30N2O3/c1-27-12-14-29(15-13-27)26-35(40-37(42)33-10-6-3-7-11-33)38(43)39-34-23-21-32(22-24-34)36(41)25-18-28-16-19-31(20-17-28)30-8-4-2-5-9-30/h2-26H,1H3,(H,39,43)(H,40,42)/b25-18+,35-26-. The topological polar surface area (TPSA) is 75.3 Å². The van der Waals surface area contributed by atoms with Crippen LogP contribution in [0.1, 0.15) is 37.4 Å². The lowest BCUT2D eigenvalue weighted by atomic mass is 10.0. The van der Waals surface area contributed by atoms with E-state index in [-0.39, 0.29) is 11.5 Å². The third-order valence-electron chi connectivity index (χ3n) is 6.79. The highest BCUT2D eigenvalue weighted by molar-refractivity contribution is 6.11. The van der Waals surface area contributed by atoms with Crippen molar-refractivity contribution in [3.8, 4) is 11.1 Å². The quantitative estimate of drug-likeness (QED) is 0.141. The molecular weight excluding hydrogens is 532 g/mol. The first-order valence-corrected chi connectivity index (χ1v) is 13.9. The third-order valence-corrected chi connectivity index (χ3v) is 6.79. The Bertz CT molecular complexity index is 1770. The number of nitrogens with one attached hydrogen (secondary N) is 2. The molecule has 0 aliphatic rings. The van der Waals surface area contributed by atoms with E-state index < -0.39 is 11.8 Å². The highest BCUT2D eigenvalue weighted by Gasteiger charge is 2.15. The average Bonchev–Trinajstić information content (AvgIpc) is 3.05. The molecule has 5 heteroatoms. The van der Waals surface area contributed by atoms with Gasteiger partial charge in [-0.05, 0) is 77.7 Å². The molecule has 0 atom stereocenters. The molecule has 43 heavy (non-hydrogen) atoms. The first kappa shape index (κ1) is 28.7. The zero-order valence-corrected chi connectivity index (χ0v) is 23.7. The molecule has 0 saturated heterocycles. The number of aryl methyl sites for hydroxylation is 1. The lowest BCUT2D eigenvalue weighted by Gasteiger charge is -2.12. The Morgan fingerprint density at radius 1 is 0.581 bits per heavy atom. The minimum absolute atomic E-state index is 0.0964. The van der Waals surface area contributed by atoms with E-state index in [0.717, 1.165) is 27.8 Å². The number of benzene rings is 5. The second-order valence-corrected chi connectivity index (χ2v) is 10.0. The molecule has 5 rings (SSSR count). The molecule has 2 amide bonds. The summed E-state index contributed by atoms with van der Waals surface area (Å²) < 4.78 is 0. The smallest absolute Gasteiger partial charge is 0.272 e. The van der Waals surface area contributed by atoms with Crippen LogP contribution in [0, 0.1) is 6.92 Å². The van der Waals surface area contributed by atoms with E-state index in [9.17, 15) is 14.4 Å². The van der Waals surface area contributed by atoms with Gasteiger partial charge in [0.15, 0.2) is 5.78 Å². The lowest BCUT2D eigenvalue weighted by molar-refractivity contribution is -0.113. The Balaban J connectivity index is 1.25. The van der Waals surface area contributed by atoms with Gasteiger partial charge in [-0.2, -0.15) is 0 Å². The Kier molecular flexibility index (Phi) is 9.15. The van der Waals surface area contributed by atoms with Crippen LogP contribution in [0.2, 0.25) is 0 Å². The van der Waals surface area contributed by atoms with Gasteiger partial charge in [-0.3, -0.25) is 14.4 Å². The Labute approximate surface area is 251 Å². The maximum atomic E-state index is 13.3. The summed E-state index contributed by atoms with van der Waals surface area (Å²) in [5, 5.41) is 5.56. The van der Waals surface area contributed by atoms with Crippen LogP contribution in [0.25, 0.3) is 23.3 Å². The number of allylic oxidation sites excluding steroid dienone is 1. The number of anilines is 1. The van der Waals surface area contributed by atoms with E-state index >= 15 is 0 Å². The molecule has 0 fully saturated rings. The zero-order valence-electron chi connectivity index (χ0n) is 23.7. The Morgan fingerprint density at radius 3 is 1.81 bits per heavy atom. The highest BCUT2D eigenvalue weighted by atomic mass is 16.2. The molecule has 0 spiro atoms. The molecule has 5 aromatic rings. The summed E-state index contributed by atoms with van der Waals surface area (Å²) in [4.78, 5) is 38.9. The molecule has 0 heterocycles. The maximum Gasteiger partial charge on any atom is 0.272 e. The van der Waals surface area contributed by atoms with Crippen LogP contribution in [-0.2, 0) is 4.79 Å². The molecule has 2 N–H and O–H groups in total. The van der Waals surface area contributed by atoms with Gasteiger partial charge in [0.2, 0.25) is 0 Å². The molecule has 5 nitrogen and oxygen atoms in total. The van der Waals surface area contributed by atoms with Gasteiger partial charge in [0, 0.05) is 16.8 Å². The number of hydrogen-bond acceptors (Lipinski definition) is 3. The summed E-state index contributed by atoms with van der Waals surface area (Å²) in [5.41, 5.74) is 6.53. The summed E-state index contributed by atoms with van der Waals surface area (Å²) in [7, 11) is 0. The number of carbonyl (C=O) groups excluding carboxylic acids is 3. The van der Waals surface area contributed by atoms with Gasteiger partial charge in [0.25, 0.3) is 11.8 Å². The average molecular weight is 563 g/mol. The van der Waals surface area contributed by atoms with Crippen LogP contribution in [0.3, 0.4) is 0 Å². The number of hydrogen-bond donors (Lipinski definition) is 2. The number of ketones is 1. The fourth-order valence-electron chi connectivity index (χ4n) is 4.37. The van der Waals surface area contributed by atoms with Gasteiger partial charge >= 0.3 is 0 Å². The van der Waals surface area contributed by atoms with E-state index in [1.165, 1.54) is 6.08 Å². The predicted molar refractivity (Wildman–Crippen MR) is 173 cm³/mol. The van der Waals surface area contributed by atoms with Crippen LogP contribution in [0.4, 0.5) is 5.69 Å². The van der Waals surface area contributed by atoms with Crippen LogP contribution >= 0.6 is 0 Å². The van der Waals surface area contributed by atoms with Crippen molar-refractivity contribution in [1.82, 2.24) is 5.32 Å². The van der Waals surface area contributed by atoms with E-state index in [4.69, 9.17) is 0 Å². The summed E-state index contributed by atoms with van der Waals surface area (Å²) in [6.45, 7) is 1.98. The molecule has 0 unspecified atom stereocenters. The van der Waals surface area contributed by atoms with Gasteiger partial charge in [0.1, 0.15) is 5.70 Å². The Morgan fingerprint density at radius 2 is 1.16 bits per heavy atom. The highest BCUT2D eigenvalue weighted by Crippen LogP contribution is 2.20. The fourth-order valence-corrected chi connectivity index (χ4v) is 4.37. The molecule has 5 aromatic carbocycles. The summed E-state index contributed by atoms with van der Waals surface area (Å²) in [6.07, 6.45) is 4.95. The van der Waals surface area contributed by atoms with Gasteiger partial charge in [0.05, 0.1) is 0 Å². The second kappa shape index (κ2) is 13.7. The number of carbonyl (C=O) groups is 3. The first-order chi connectivity index (χ1) is 20.9. The van der Waals surface area contributed by atoms with E-state index in [0.29, 0.717) is 16.8 Å². The number of rotatable bonds is 9. The van der Waals surface area contributed by atoms with Crippen molar-refractivity contribution < 1.29 is 14.4 Å². The van der Waals surface area contributed by atoms with Crippen LogP contribution in [-0.4, -0.2) is 17.6 Å². The molecule has 0 radical (unpaired) electrons. The lowest BCUT2D eigenvalue weighted by Crippen LogP contribution is -2.30. The predicted octanol–water partition coefficient (Wildman–Crippen LogP) is 7.97. The van der Waals surface area contributed by atoms with Crippen molar-refractivity contribution in [2.75, 3.05) is 5.32 Å². The molecular formula is C38H30N2O3. The molecule has 210 valence electrons. The van der Waals surface area contributed by atoms with Crippen molar-refractivity contribution >= 4 is 35.4 Å². The van der Waals surface area contributed by atoms with Crippen molar-refractivity contribution in [1.29, 1.82) is 0 Å². The second-order valence-electron chi connectivity index (χ2n) is 10.0. The summed E-state index contributed by atoms with van der Waals surface area (Å²) in [6, 6.07) is 41.1. The maximum absolute atomic E-state index is 13.3. The Hall–Kier alpha value is -5.81. The normalized spacial score (nSPS) is 11.2. The minimum Gasteiger partial charge on any atom is -0.321 e. The van der Waals surface area contributed by atoms with Crippen molar-refractivity contribution in [2.45, 2.75) is 6.92 Å². The SMILES string of the molecule is Cc1ccc(/C=C(\NC(=O)c2ccccc2)C(=O)Nc2ccc(C(=O)/C=C/c3ccc(-c4ccccc4)cc3)cc2)cc1. The first-order valence-electron chi connectivity index (χ1n) is 13.9. The van der Waals surface area contributed by atoms with Crippen molar-refractivity contribution in [2.24, 2.45) is 0 Å². The molecule has 0 aliphatic heterocycles. The fraction of sp³-hybridized carbons (Fsp3) is 0.0263. The molecule has 0 aliphatic carbocycles. The minimum atomic E-state index is -0.484. The monoisotopic (exact) mass is 562 g/mol. The largest absolute Gasteiger partial charge is 0.321 e. The van der Waals surface area contributed by atoms with Crippen LogP contribution < -0.4 is 10.6 Å².